The first kappa shape index (κ1) is 30.8. The van der Waals surface area contributed by atoms with Gasteiger partial charge in [0.15, 0.2) is 0 Å². The highest BCUT2D eigenvalue weighted by atomic mass is 16.4. The second-order valence-corrected chi connectivity index (χ2v) is 8.61. The first-order valence-corrected chi connectivity index (χ1v) is 11.2. The van der Waals surface area contributed by atoms with Crippen LogP contribution < -0.4 is 33.2 Å². The summed E-state index contributed by atoms with van der Waals surface area (Å²) in [5.74, 6) is -5.56. The number of aliphatic carboxylic acids is 1. The number of carbonyl (C=O) groups is 6. The average molecular weight is 487 g/mol. The number of carboxylic acids is 1. The Bertz CT molecular complexity index is 758. The predicted octanol–water partition coefficient (Wildman–Crippen LogP) is -1.91. The molecular formula is C21H38N6O7. The van der Waals surface area contributed by atoms with Crippen LogP contribution in [0.4, 0.5) is 0 Å². The number of hydrogen-bond donors (Lipinski definition) is 7. The Labute approximate surface area is 198 Å². The van der Waals surface area contributed by atoms with E-state index < -0.39 is 65.6 Å². The van der Waals surface area contributed by atoms with Gasteiger partial charge in [-0.25, -0.2) is 4.79 Å². The van der Waals surface area contributed by atoms with Crippen molar-refractivity contribution in [2.24, 2.45) is 29.0 Å². The summed E-state index contributed by atoms with van der Waals surface area (Å²) < 4.78 is 0. The molecule has 5 unspecified atom stereocenters. The number of primary amides is 2. The van der Waals surface area contributed by atoms with Gasteiger partial charge < -0.3 is 38.3 Å². The molecule has 0 fully saturated rings. The topological polar surface area (TPSA) is 237 Å². The zero-order valence-corrected chi connectivity index (χ0v) is 20.1. The van der Waals surface area contributed by atoms with E-state index in [2.05, 4.69) is 16.0 Å². The molecule has 0 aromatic rings. The maximum atomic E-state index is 12.9. The van der Waals surface area contributed by atoms with Crippen molar-refractivity contribution in [1.82, 2.24) is 16.0 Å². The van der Waals surface area contributed by atoms with E-state index >= 15 is 0 Å². The first-order valence-electron chi connectivity index (χ1n) is 11.2. The molecule has 34 heavy (non-hydrogen) atoms. The van der Waals surface area contributed by atoms with Crippen molar-refractivity contribution in [3.63, 3.8) is 0 Å². The summed E-state index contributed by atoms with van der Waals surface area (Å²) in [4.78, 5) is 71.8. The molecule has 0 aliphatic rings. The number of hydrogen-bond acceptors (Lipinski definition) is 7. The standard InChI is InChI=1S/C21H38N6O7/c1-5-11(4)16(24)19(31)25-12(6-8-14(22)28)18(30)27-17(10(2)3)20(32)26-13(21(33)34)7-9-15(23)29/h10-13,16-17H,5-9,24H2,1-4H3,(H2,22,28)(H2,23,29)(H,25,31)(H,26,32)(H,27,30)(H,33,34). The number of nitrogens with one attached hydrogen (secondary N) is 3. The predicted molar refractivity (Wildman–Crippen MR) is 123 cm³/mol. The molecule has 0 bridgehead atoms. The summed E-state index contributed by atoms with van der Waals surface area (Å²) in [5.41, 5.74) is 16.1. The lowest BCUT2D eigenvalue weighted by molar-refractivity contribution is -0.143. The molecule has 0 spiro atoms. The van der Waals surface area contributed by atoms with Crippen molar-refractivity contribution in [3.8, 4) is 0 Å². The Morgan fingerprint density at radius 1 is 0.765 bits per heavy atom. The van der Waals surface area contributed by atoms with Crippen LogP contribution in [-0.4, -0.2) is 64.8 Å². The second-order valence-electron chi connectivity index (χ2n) is 8.61. The van der Waals surface area contributed by atoms with Crippen LogP contribution >= 0.6 is 0 Å². The molecule has 10 N–H and O–H groups in total. The minimum absolute atomic E-state index is 0.122. The third kappa shape index (κ3) is 11.1. The molecule has 0 saturated carbocycles. The minimum Gasteiger partial charge on any atom is -0.480 e. The minimum atomic E-state index is -1.39. The molecule has 0 aliphatic heterocycles. The zero-order chi connectivity index (χ0) is 26.6. The summed E-state index contributed by atoms with van der Waals surface area (Å²) in [6, 6.07) is -4.65. The smallest absolute Gasteiger partial charge is 0.326 e. The molecule has 0 aliphatic carbocycles. The van der Waals surface area contributed by atoms with Crippen LogP contribution in [0.2, 0.25) is 0 Å². The van der Waals surface area contributed by atoms with Crippen LogP contribution in [0.5, 0.6) is 0 Å². The molecule has 194 valence electrons. The van der Waals surface area contributed by atoms with Crippen molar-refractivity contribution < 1.29 is 33.9 Å². The summed E-state index contributed by atoms with van der Waals surface area (Å²) >= 11 is 0. The van der Waals surface area contributed by atoms with Crippen molar-refractivity contribution >= 4 is 35.5 Å². The second kappa shape index (κ2) is 14.8. The molecule has 0 aromatic heterocycles. The molecule has 0 saturated heterocycles. The van der Waals surface area contributed by atoms with Gasteiger partial charge in [-0.15, -0.1) is 0 Å². The fourth-order valence-corrected chi connectivity index (χ4v) is 2.93. The highest BCUT2D eigenvalue weighted by molar-refractivity contribution is 5.94. The molecular weight excluding hydrogens is 448 g/mol. The van der Waals surface area contributed by atoms with Crippen molar-refractivity contribution in [2.75, 3.05) is 0 Å². The van der Waals surface area contributed by atoms with Gasteiger partial charge in [-0.3, -0.25) is 24.0 Å². The largest absolute Gasteiger partial charge is 0.480 e. The Kier molecular flexibility index (Phi) is 13.4. The Balaban J connectivity index is 5.52. The monoisotopic (exact) mass is 486 g/mol. The van der Waals surface area contributed by atoms with E-state index in [9.17, 15) is 33.9 Å². The van der Waals surface area contributed by atoms with Crippen molar-refractivity contribution in [2.45, 2.75) is 84.0 Å². The molecule has 0 rings (SSSR count). The molecule has 13 heteroatoms. The van der Waals surface area contributed by atoms with Gasteiger partial charge >= 0.3 is 5.97 Å². The highest BCUT2D eigenvalue weighted by Crippen LogP contribution is 2.09. The maximum absolute atomic E-state index is 12.9. The summed E-state index contributed by atoms with van der Waals surface area (Å²) in [6.45, 7) is 6.88. The van der Waals surface area contributed by atoms with Crippen LogP contribution in [0.3, 0.4) is 0 Å². The number of rotatable bonds is 16. The fourth-order valence-electron chi connectivity index (χ4n) is 2.93. The van der Waals surface area contributed by atoms with Gasteiger partial charge in [0, 0.05) is 12.8 Å². The van der Waals surface area contributed by atoms with E-state index in [4.69, 9.17) is 17.2 Å². The molecule has 0 radical (unpaired) electrons. The zero-order valence-electron chi connectivity index (χ0n) is 20.1. The van der Waals surface area contributed by atoms with Crippen molar-refractivity contribution in [1.29, 1.82) is 0 Å². The van der Waals surface area contributed by atoms with Crippen LogP contribution in [0.25, 0.3) is 0 Å². The van der Waals surface area contributed by atoms with Crippen LogP contribution in [0.15, 0.2) is 0 Å². The molecule has 0 heterocycles. The fraction of sp³-hybridized carbons (Fsp3) is 0.714. The summed E-state index contributed by atoms with van der Waals surface area (Å²) in [7, 11) is 0. The van der Waals surface area contributed by atoms with E-state index in [0.717, 1.165) is 0 Å². The van der Waals surface area contributed by atoms with Gasteiger partial charge in [0.1, 0.15) is 18.1 Å². The molecule has 0 aromatic carbocycles. The Hall–Kier alpha value is -3.22. The van der Waals surface area contributed by atoms with Crippen molar-refractivity contribution in [3.05, 3.63) is 0 Å². The van der Waals surface area contributed by atoms with Gasteiger partial charge in [0.05, 0.1) is 6.04 Å². The van der Waals surface area contributed by atoms with Crippen LogP contribution in [-0.2, 0) is 28.8 Å². The third-order valence-corrected chi connectivity index (χ3v) is 5.41. The first-order chi connectivity index (χ1) is 15.7. The molecule has 5 amide bonds. The van der Waals surface area contributed by atoms with Crippen LogP contribution in [0.1, 0.15) is 59.8 Å². The molecule has 13 nitrogen and oxygen atoms in total. The van der Waals surface area contributed by atoms with Gasteiger partial charge in [-0.1, -0.05) is 34.1 Å². The lowest BCUT2D eigenvalue weighted by Crippen LogP contribution is -2.59. The van der Waals surface area contributed by atoms with E-state index in [0.29, 0.717) is 6.42 Å². The Morgan fingerprint density at radius 2 is 1.24 bits per heavy atom. The SMILES string of the molecule is CCC(C)C(N)C(=O)NC(CCC(N)=O)C(=O)NC(C(=O)NC(CCC(N)=O)C(=O)O)C(C)C. The van der Waals surface area contributed by atoms with E-state index in [1.54, 1.807) is 20.8 Å². The summed E-state index contributed by atoms with van der Waals surface area (Å²) in [5, 5.41) is 16.6. The number of nitrogens with two attached hydrogens (primary N) is 3. The van der Waals surface area contributed by atoms with E-state index in [-0.39, 0.29) is 31.6 Å². The average Bonchev–Trinajstić information content (AvgIpc) is 2.75. The van der Waals surface area contributed by atoms with Gasteiger partial charge in [-0.05, 0) is 24.7 Å². The normalized spacial score (nSPS) is 15.4. The summed E-state index contributed by atoms with van der Waals surface area (Å²) in [6.07, 6.45) is -0.178. The van der Waals surface area contributed by atoms with E-state index in [1.807, 2.05) is 6.92 Å². The van der Waals surface area contributed by atoms with Gasteiger partial charge in [0.2, 0.25) is 29.5 Å². The number of carbonyl (C=O) groups excluding carboxylic acids is 5. The number of amides is 5. The van der Waals surface area contributed by atoms with E-state index in [1.165, 1.54) is 0 Å². The lowest BCUT2D eigenvalue weighted by atomic mass is 9.98. The van der Waals surface area contributed by atoms with Gasteiger partial charge in [-0.2, -0.15) is 0 Å². The maximum Gasteiger partial charge on any atom is 0.326 e. The lowest BCUT2D eigenvalue weighted by Gasteiger charge is -2.27. The Morgan fingerprint density at radius 3 is 1.65 bits per heavy atom. The molecule has 5 atom stereocenters. The third-order valence-electron chi connectivity index (χ3n) is 5.41. The highest BCUT2D eigenvalue weighted by Gasteiger charge is 2.32. The quantitative estimate of drug-likeness (QED) is 0.129. The van der Waals surface area contributed by atoms with Crippen LogP contribution in [0, 0.1) is 11.8 Å². The number of carboxylic acid groups (broad SMARTS) is 1. The van der Waals surface area contributed by atoms with Gasteiger partial charge in [0.25, 0.3) is 0 Å².